The molecule has 21 heavy (non-hydrogen) atoms. The van der Waals surface area contributed by atoms with Crippen LogP contribution in [0, 0.1) is 5.82 Å². The van der Waals surface area contributed by atoms with Gasteiger partial charge in [0.05, 0.1) is 10.6 Å². The molecule has 1 amide bonds. The maximum absolute atomic E-state index is 13.3. The zero-order valence-electron chi connectivity index (χ0n) is 10.7. The third kappa shape index (κ3) is 3.38. The van der Waals surface area contributed by atoms with Gasteiger partial charge < -0.3 is 10.4 Å². The highest BCUT2D eigenvalue weighted by atomic mass is 35.5. The van der Waals surface area contributed by atoms with Crippen molar-refractivity contribution in [2.24, 2.45) is 0 Å². The van der Waals surface area contributed by atoms with Crippen LogP contribution in [0.4, 0.5) is 4.39 Å². The van der Waals surface area contributed by atoms with E-state index in [1.807, 2.05) is 0 Å². The van der Waals surface area contributed by atoms with Gasteiger partial charge in [-0.2, -0.15) is 0 Å². The second-order valence-electron chi connectivity index (χ2n) is 4.26. The third-order valence-corrected chi connectivity index (χ3v) is 3.24. The van der Waals surface area contributed by atoms with Crippen LogP contribution in [0.25, 0.3) is 0 Å². The highest BCUT2D eigenvalue weighted by molar-refractivity contribution is 6.34. The molecule has 0 fully saturated rings. The fraction of sp³-hybridized carbons (Fsp3) is 0.0667. The van der Waals surface area contributed by atoms with Crippen LogP contribution in [-0.2, 0) is 4.79 Å². The molecule has 0 bridgehead atoms. The van der Waals surface area contributed by atoms with Crippen molar-refractivity contribution >= 4 is 23.5 Å². The topological polar surface area (TPSA) is 66.4 Å². The summed E-state index contributed by atoms with van der Waals surface area (Å²) in [7, 11) is 0. The highest BCUT2D eigenvalue weighted by Crippen LogP contribution is 2.21. The predicted molar refractivity (Wildman–Crippen MR) is 75.7 cm³/mol. The second-order valence-corrected chi connectivity index (χ2v) is 4.63. The fourth-order valence-corrected chi connectivity index (χ4v) is 2.03. The van der Waals surface area contributed by atoms with Gasteiger partial charge in [-0.15, -0.1) is 0 Å². The maximum Gasteiger partial charge on any atom is 0.330 e. The van der Waals surface area contributed by atoms with Crippen molar-refractivity contribution < 1.29 is 19.1 Å². The fourth-order valence-electron chi connectivity index (χ4n) is 1.82. The molecule has 0 aromatic heterocycles. The van der Waals surface area contributed by atoms with Crippen molar-refractivity contribution in [2.75, 3.05) is 0 Å². The zero-order chi connectivity index (χ0) is 15.4. The van der Waals surface area contributed by atoms with Crippen LogP contribution in [0.15, 0.2) is 48.5 Å². The first-order chi connectivity index (χ1) is 10.0. The van der Waals surface area contributed by atoms with Crippen LogP contribution in [0.1, 0.15) is 22.0 Å². The lowest BCUT2D eigenvalue weighted by atomic mass is 10.1. The average Bonchev–Trinajstić information content (AvgIpc) is 2.48. The Morgan fingerprint density at radius 2 is 1.76 bits per heavy atom. The van der Waals surface area contributed by atoms with Crippen LogP contribution in [-0.4, -0.2) is 17.0 Å². The molecule has 0 radical (unpaired) electrons. The molecule has 2 aromatic carbocycles. The molecule has 0 heterocycles. The Balaban J connectivity index is 2.28. The Morgan fingerprint density at radius 3 is 2.38 bits per heavy atom. The van der Waals surface area contributed by atoms with Gasteiger partial charge in [-0.3, -0.25) is 4.79 Å². The van der Waals surface area contributed by atoms with E-state index in [0.717, 1.165) is 6.07 Å². The van der Waals surface area contributed by atoms with E-state index >= 15 is 0 Å². The van der Waals surface area contributed by atoms with E-state index in [-0.39, 0.29) is 10.6 Å². The largest absolute Gasteiger partial charge is 0.479 e. The van der Waals surface area contributed by atoms with Crippen LogP contribution in [0.2, 0.25) is 5.02 Å². The van der Waals surface area contributed by atoms with Crippen molar-refractivity contribution in [1.29, 1.82) is 0 Å². The van der Waals surface area contributed by atoms with Crippen molar-refractivity contribution in [2.45, 2.75) is 6.04 Å². The van der Waals surface area contributed by atoms with Crippen LogP contribution < -0.4 is 5.32 Å². The van der Waals surface area contributed by atoms with Crippen molar-refractivity contribution in [3.05, 3.63) is 70.5 Å². The first-order valence-corrected chi connectivity index (χ1v) is 6.41. The van der Waals surface area contributed by atoms with Crippen molar-refractivity contribution in [3.8, 4) is 0 Å². The lowest BCUT2D eigenvalue weighted by Gasteiger charge is -2.15. The summed E-state index contributed by atoms with van der Waals surface area (Å²) in [4.78, 5) is 23.4. The zero-order valence-corrected chi connectivity index (χ0v) is 11.5. The number of nitrogens with one attached hydrogen (secondary N) is 1. The summed E-state index contributed by atoms with van der Waals surface area (Å²) in [5, 5.41) is 11.2. The molecule has 1 atom stereocenters. The number of carbonyl (C=O) groups is 2. The Labute approximate surface area is 125 Å². The molecule has 0 unspecified atom stereocenters. The number of rotatable bonds is 4. The van der Waals surface area contributed by atoms with E-state index in [1.165, 1.54) is 12.1 Å². The number of benzene rings is 2. The molecule has 6 heteroatoms. The number of hydrogen-bond acceptors (Lipinski definition) is 2. The summed E-state index contributed by atoms with van der Waals surface area (Å²) in [6.07, 6.45) is 0. The minimum atomic E-state index is -1.24. The van der Waals surface area contributed by atoms with E-state index in [1.54, 1.807) is 30.3 Å². The normalized spacial score (nSPS) is 11.7. The van der Waals surface area contributed by atoms with E-state index < -0.39 is 23.7 Å². The quantitative estimate of drug-likeness (QED) is 0.912. The minimum Gasteiger partial charge on any atom is -0.479 e. The number of carbonyl (C=O) groups excluding carboxylic acids is 1. The molecule has 0 spiro atoms. The van der Waals surface area contributed by atoms with Gasteiger partial charge >= 0.3 is 5.97 Å². The molecule has 0 aliphatic heterocycles. The molecule has 0 saturated heterocycles. The van der Waals surface area contributed by atoms with Gasteiger partial charge in [-0.1, -0.05) is 48.0 Å². The lowest BCUT2D eigenvalue weighted by Crippen LogP contribution is -2.34. The minimum absolute atomic E-state index is 0.112. The Kier molecular flexibility index (Phi) is 4.55. The maximum atomic E-state index is 13.3. The summed E-state index contributed by atoms with van der Waals surface area (Å²) in [5.41, 5.74) is 0.296. The monoisotopic (exact) mass is 307 g/mol. The summed E-state index contributed by atoms with van der Waals surface area (Å²) >= 11 is 5.71. The summed E-state index contributed by atoms with van der Waals surface area (Å²) in [6.45, 7) is 0. The molecule has 4 nitrogen and oxygen atoms in total. The van der Waals surface area contributed by atoms with Crippen molar-refractivity contribution in [1.82, 2.24) is 5.32 Å². The smallest absolute Gasteiger partial charge is 0.330 e. The molecule has 108 valence electrons. The van der Waals surface area contributed by atoms with Gasteiger partial charge in [-0.05, 0) is 17.7 Å². The lowest BCUT2D eigenvalue weighted by molar-refractivity contribution is -0.139. The Morgan fingerprint density at radius 1 is 1.10 bits per heavy atom. The molecule has 2 rings (SSSR count). The van der Waals surface area contributed by atoms with Gasteiger partial charge in [0, 0.05) is 0 Å². The summed E-state index contributed by atoms with van der Waals surface area (Å²) in [6, 6.07) is 10.7. The highest BCUT2D eigenvalue weighted by Gasteiger charge is 2.24. The number of carboxylic acids is 1. The Hall–Kier alpha value is -2.40. The van der Waals surface area contributed by atoms with Gasteiger partial charge in [0.25, 0.3) is 5.91 Å². The summed E-state index contributed by atoms with van der Waals surface area (Å²) < 4.78 is 13.3. The molecular formula is C15H11ClFNO3. The Bertz CT molecular complexity index is 676. The third-order valence-electron chi connectivity index (χ3n) is 2.85. The van der Waals surface area contributed by atoms with E-state index in [2.05, 4.69) is 5.32 Å². The first kappa shape index (κ1) is 15.0. The van der Waals surface area contributed by atoms with Crippen molar-refractivity contribution in [3.63, 3.8) is 0 Å². The van der Waals surface area contributed by atoms with Gasteiger partial charge in [0.2, 0.25) is 0 Å². The molecular weight excluding hydrogens is 297 g/mol. The molecule has 0 aliphatic rings. The molecule has 0 aliphatic carbocycles. The number of amides is 1. The number of halogens is 2. The standard InChI is InChI=1S/C15H11ClFNO3/c16-12-10(7-4-8-11(12)17)14(19)18-13(15(20)21)9-5-2-1-3-6-9/h1-8,13H,(H,18,19)(H,20,21)/t13-/m1/s1. The predicted octanol–water partition coefficient (Wildman–Crippen LogP) is 3.03. The van der Waals surface area contributed by atoms with Crippen LogP contribution in [0.5, 0.6) is 0 Å². The van der Waals surface area contributed by atoms with Gasteiger partial charge in [0.1, 0.15) is 5.82 Å². The van der Waals surface area contributed by atoms with Crippen LogP contribution in [0.3, 0.4) is 0 Å². The van der Waals surface area contributed by atoms with Gasteiger partial charge in [0.15, 0.2) is 6.04 Å². The van der Waals surface area contributed by atoms with E-state index in [0.29, 0.717) is 5.56 Å². The average molecular weight is 308 g/mol. The van der Waals surface area contributed by atoms with E-state index in [4.69, 9.17) is 11.6 Å². The number of hydrogen-bond donors (Lipinski definition) is 2. The molecule has 0 saturated carbocycles. The van der Waals surface area contributed by atoms with E-state index in [9.17, 15) is 19.1 Å². The first-order valence-electron chi connectivity index (χ1n) is 6.03. The van der Waals surface area contributed by atoms with Gasteiger partial charge in [-0.25, -0.2) is 9.18 Å². The SMILES string of the molecule is O=C(N[C@@H](C(=O)O)c1ccccc1)c1cccc(F)c1Cl. The number of aliphatic carboxylic acids is 1. The second kappa shape index (κ2) is 6.37. The van der Waals surface area contributed by atoms with Crippen LogP contribution >= 0.6 is 11.6 Å². The molecule has 2 N–H and O–H groups in total. The molecule has 2 aromatic rings. The number of carboxylic acid groups (broad SMARTS) is 1. The summed E-state index contributed by atoms with van der Waals surface area (Å²) in [5.74, 6) is -2.71.